The molecule has 2 aromatic heterocycles. The van der Waals surface area contributed by atoms with Crippen molar-refractivity contribution in [2.24, 2.45) is 0 Å². The number of hydrogen-bond acceptors (Lipinski definition) is 5. The van der Waals surface area contributed by atoms with E-state index in [1.165, 1.54) is 11.9 Å². The van der Waals surface area contributed by atoms with Crippen LogP contribution in [0.2, 0.25) is 0 Å². The van der Waals surface area contributed by atoms with Gasteiger partial charge in [0, 0.05) is 16.8 Å². The lowest BCUT2D eigenvalue weighted by atomic mass is 9.97. The van der Waals surface area contributed by atoms with Gasteiger partial charge in [0.25, 0.3) is 0 Å². The maximum Gasteiger partial charge on any atom is 0.165 e. The molecule has 2 aromatic carbocycles. The molecule has 4 N–H and O–H groups in total. The Morgan fingerprint density at radius 1 is 0.800 bits per heavy atom. The first-order valence-corrected chi connectivity index (χ1v) is 7.96. The summed E-state index contributed by atoms with van der Waals surface area (Å²) in [5.74, 6) is 0.426. The van der Waals surface area contributed by atoms with Crippen LogP contribution >= 0.6 is 0 Å². The second-order valence-electron chi connectivity index (χ2n) is 6.00. The van der Waals surface area contributed by atoms with Crippen LogP contribution in [0.25, 0.3) is 33.4 Å². The Morgan fingerprint density at radius 2 is 1.48 bits per heavy atom. The Kier molecular flexibility index (Phi) is 3.54. The number of pyridine rings is 1. The fraction of sp³-hybridized carbons (Fsp3) is 0.0500. The van der Waals surface area contributed by atoms with Crippen LogP contribution in [-0.2, 0) is 0 Å². The second-order valence-corrected chi connectivity index (χ2v) is 6.00. The van der Waals surface area contributed by atoms with Crippen molar-refractivity contribution in [2.75, 3.05) is 11.5 Å². The summed E-state index contributed by atoms with van der Waals surface area (Å²) in [6.45, 7) is 2.06. The largest absolute Gasteiger partial charge is 0.399 e. The van der Waals surface area contributed by atoms with Gasteiger partial charge in [-0.2, -0.15) is 0 Å². The maximum absolute atomic E-state index is 6.03. The molecule has 0 aliphatic rings. The Labute approximate surface area is 145 Å². The predicted molar refractivity (Wildman–Crippen MR) is 102 cm³/mol. The van der Waals surface area contributed by atoms with Crippen LogP contribution in [0, 0.1) is 6.92 Å². The summed E-state index contributed by atoms with van der Waals surface area (Å²) in [6.07, 6.45) is 1.43. The first kappa shape index (κ1) is 15.1. The molecule has 0 spiro atoms. The van der Waals surface area contributed by atoms with E-state index in [4.69, 9.17) is 16.5 Å². The van der Waals surface area contributed by atoms with Crippen LogP contribution in [-0.4, -0.2) is 15.0 Å². The van der Waals surface area contributed by atoms with Crippen LogP contribution in [0.3, 0.4) is 0 Å². The first-order chi connectivity index (χ1) is 12.1. The van der Waals surface area contributed by atoms with Crippen molar-refractivity contribution >= 4 is 22.5 Å². The van der Waals surface area contributed by atoms with Gasteiger partial charge in [-0.1, -0.05) is 42.0 Å². The zero-order valence-electron chi connectivity index (χ0n) is 13.8. The highest BCUT2D eigenvalue weighted by atomic mass is 15.0. The van der Waals surface area contributed by atoms with E-state index in [-0.39, 0.29) is 0 Å². The standard InChI is InChI=1S/C20H17N5/c1-12-2-4-13(5-3-12)16-10-17-19(22)23-11-24-20(17)25-18(16)14-6-8-15(21)9-7-14/h2-11H,21H2,1H3,(H2,22,23,24,25). The van der Waals surface area contributed by atoms with Crippen molar-refractivity contribution in [1.29, 1.82) is 0 Å². The van der Waals surface area contributed by atoms with Crippen molar-refractivity contribution in [1.82, 2.24) is 15.0 Å². The zero-order chi connectivity index (χ0) is 17.4. The Morgan fingerprint density at radius 3 is 2.20 bits per heavy atom. The van der Waals surface area contributed by atoms with Crippen LogP contribution < -0.4 is 11.5 Å². The number of aryl methyl sites for hydroxylation is 1. The number of fused-ring (bicyclic) bond motifs is 1. The molecule has 25 heavy (non-hydrogen) atoms. The number of nitrogens with two attached hydrogens (primary N) is 2. The van der Waals surface area contributed by atoms with Gasteiger partial charge >= 0.3 is 0 Å². The van der Waals surface area contributed by atoms with E-state index < -0.39 is 0 Å². The molecule has 0 saturated heterocycles. The van der Waals surface area contributed by atoms with E-state index in [1.807, 2.05) is 30.3 Å². The molecule has 4 rings (SSSR count). The van der Waals surface area contributed by atoms with E-state index in [2.05, 4.69) is 41.2 Å². The number of aromatic nitrogens is 3. The summed E-state index contributed by atoms with van der Waals surface area (Å²) in [6, 6.07) is 18.0. The van der Waals surface area contributed by atoms with E-state index in [1.54, 1.807) is 0 Å². The van der Waals surface area contributed by atoms with Crippen LogP contribution in [0.1, 0.15) is 5.56 Å². The highest BCUT2D eigenvalue weighted by molar-refractivity contribution is 5.94. The normalized spacial score (nSPS) is 10.9. The van der Waals surface area contributed by atoms with Gasteiger partial charge in [-0.3, -0.25) is 0 Å². The van der Waals surface area contributed by atoms with E-state index in [0.29, 0.717) is 17.2 Å². The first-order valence-electron chi connectivity index (χ1n) is 7.96. The molecular formula is C20H17N5. The van der Waals surface area contributed by atoms with Gasteiger partial charge in [-0.15, -0.1) is 0 Å². The minimum absolute atomic E-state index is 0.426. The smallest absolute Gasteiger partial charge is 0.165 e. The minimum atomic E-state index is 0.426. The molecule has 0 bridgehead atoms. The molecule has 0 unspecified atom stereocenters. The average molecular weight is 327 g/mol. The van der Waals surface area contributed by atoms with E-state index in [9.17, 15) is 0 Å². The summed E-state index contributed by atoms with van der Waals surface area (Å²) in [5, 5.41) is 0.747. The molecule has 122 valence electrons. The molecular weight excluding hydrogens is 310 g/mol. The Balaban J connectivity index is 2.03. The molecule has 0 atom stereocenters. The Hall–Kier alpha value is -3.47. The van der Waals surface area contributed by atoms with Crippen molar-refractivity contribution in [3.05, 3.63) is 66.5 Å². The van der Waals surface area contributed by atoms with Crippen LogP contribution in [0.5, 0.6) is 0 Å². The fourth-order valence-corrected chi connectivity index (χ4v) is 2.82. The summed E-state index contributed by atoms with van der Waals surface area (Å²) < 4.78 is 0. The molecule has 5 heteroatoms. The topological polar surface area (TPSA) is 90.7 Å². The lowest BCUT2D eigenvalue weighted by Gasteiger charge is -2.12. The highest BCUT2D eigenvalue weighted by Gasteiger charge is 2.13. The molecule has 0 radical (unpaired) electrons. The molecule has 5 nitrogen and oxygen atoms in total. The summed E-state index contributed by atoms with van der Waals surface area (Å²) in [7, 11) is 0. The van der Waals surface area contributed by atoms with Gasteiger partial charge in [0.2, 0.25) is 0 Å². The van der Waals surface area contributed by atoms with Gasteiger partial charge in [-0.05, 0) is 30.7 Å². The highest BCUT2D eigenvalue weighted by Crippen LogP contribution is 2.34. The predicted octanol–water partition coefficient (Wildman–Crippen LogP) is 3.83. The van der Waals surface area contributed by atoms with Crippen molar-refractivity contribution < 1.29 is 0 Å². The van der Waals surface area contributed by atoms with Gasteiger partial charge < -0.3 is 11.5 Å². The number of benzene rings is 2. The number of anilines is 2. The van der Waals surface area contributed by atoms with E-state index in [0.717, 1.165) is 27.8 Å². The number of nitrogens with zero attached hydrogens (tertiary/aromatic N) is 3. The lowest BCUT2D eigenvalue weighted by molar-refractivity contribution is 1.19. The molecule has 2 heterocycles. The molecule has 0 aliphatic heterocycles. The molecule has 4 aromatic rings. The molecule has 0 fully saturated rings. The van der Waals surface area contributed by atoms with Crippen molar-refractivity contribution in [3.8, 4) is 22.4 Å². The molecule has 0 saturated carbocycles. The average Bonchev–Trinajstić information content (AvgIpc) is 2.63. The van der Waals surface area contributed by atoms with E-state index >= 15 is 0 Å². The number of hydrogen-bond donors (Lipinski definition) is 2. The zero-order valence-corrected chi connectivity index (χ0v) is 13.8. The summed E-state index contributed by atoms with van der Waals surface area (Å²) in [5.41, 5.74) is 18.2. The lowest BCUT2D eigenvalue weighted by Crippen LogP contribution is -1.98. The fourth-order valence-electron chi connectivity index (χ4n) is 2.82. The van der Waals surface area contributed by atoms with Crippen LogP contribution in [0.4, 0.5) is 11.5 Å². The van der Waals surface area contributed by atoms with Gasteiger partial charge in [0.05, 0.1) is 11.1 Å². The van der Waals surface area contributed by atoms with Crippen molar-refractivity contribution in [3.63, 3.8) is 0 Å². The number of rotatable bonds is 2. The van der Waals surface area contributed by atoms with Crippen molar-refractivity contribution in [2.45, 2.75) is 6.92 Å². The third-order valence-electron chi connectivity index (χ3n) is 4.20. The van der Waals surface area contributed by atoms with Gasteiger partial charge in [0.15, 0.2) is 5.65 Å². The molecule has 0 amide bonds. The van der Waals surface area contributed by atoms with Gasteiger partial charge in [0.1, 0.15) is 12.1 Å². The maximum atomic E-state index is 6.03. The molecule has 0 aliphatic carbocycles. The summed E-state index contributed by atoms with van der Waals surface area (Å²) >= 11 is 0. The van der Waals surface area contributed by atoms with Crippen LogP contribution in [0.15, 0.2) is 60.9 Å². The SMILES string of the molecule is Cc1ccc(-c2cc3c(N)ncnc3nc2-c2ccc(N)cc2)cc1. The van der Waals surface area contributed by atoms with Gasteiger partial charge in [-0.25, -0.2) is 15.0 Å². The third kappa shape index (κ3) is 2.76. The summed E-state index contributed by atoms with van der Waals surface area (Å²) in [4.78, 5) is 13.1. The monoisotopic (exact) mass is 327 g/mol. The number of nitrogen functional groups attached to an aromatic ring is 2. The minimum Gasteiger partial charge on any atom is -0.399 e. The Bertz CT molecular complexity index is 1050. The second kappa shape index (κ2) is 5.87. The quantitative estimate of drug-likeness (QED) is 0.546. The third-order valence-corrected chi connectivity index (χ3v) is 4.20.